The number of rotatable bonds is 4. The Labute approximate surface area is 129 Å². The lowest BCUT2D eigenvalue weighted by atomic mass is 10.2. The fourth-order valence-corrected chi connectivity index (χ4v) is 2.21. The number of H-pyrrole nitrogens is 1. The number of imidazole rings is 1. The van der Waals surface area contributed by atoms with E-state index in [-0.39, 0.29) is 6.54 Å². The van der Waals surface area contributed by atoms with Gasteiger partial charge in [-0.15, -0.1) is 0 Å². The topological polar surface area (TPSA) is 57.8 Å². The van der Waals surface area contributed by atoms with E-state index >= 15 is 0 Å². The Hall–Kier alpha value is -2.83. The minimum Gasteiger partial charge on any atom is -0.351 e. The summed E-state index contributed by atoms with van der Waals surface area (Å²) in [7, 11) is 0. The van der Waals surface area contributed by atoms with Gasteiger partial charge in [-0.2, -0.15) is 0 Å². The van der Waals surface area contributed by atoms with Crippen molar-refractivity contribution in [2.45, 2.75) is 6.42 Å². The molecule has 0 aliphatic rings. The van der Waals surface area contributed by atoms with Crippen LogP contribution in [-0.2, 0) is 6.42 Å². The number of hydrogen-bond acceptors (Lipinski definition) is 2. The van der Waals surface area contributed by atoms with Crippen LogP contribution in [0.4, 0.5) is 13.2 Å². The van der Waals surface area contributed by atoms with Crippen molar-refractivity contribution < 1.29 is 18.0 Å². The van der Waals surface area contributed by atoms with E-state index in [1.807, 2.05) is 24.3 Å². The number of amides is 1. The van der Waals surface area contributed by atoms with E-state index in [9.17, 15) is 18.0 Å². The van der Waals surface area contributed by atoms with E-state index in [4.69, 9.17) is 0 Å². The Morgan fingerprint density at radius 2 is 1.87 bits per heavy atom. The highest BCUT2D eigenvalue weighted by Gasteiger charge is 2.18. The number of nitrogens with zero attached hydrogens (tertiary/aromatic N) is 1. The van der Waals surface area contributed by atoms with Gasteiger partial charge in [0.15, 0.2) is 17.5 Å². The molecule has 1 heterocycles. The van der Waals surface area contributed by atoms with Crippen LogP contribution in [0.1, 0.15) is 16.2 Å². The summed E-state index contributed by atoms with van der Waals surface area (Å²) in [6.45, 7) is 0.178. The van der Waals surface area contributed by atoms with Gasteiger partial charge in [0, 0.05) is 13.0 Å². The number of carbonyl (C=O) groups is 1. The first-order valence-corrected chi connectivity index (χ1v) is 6.91. The van der Waals surface area contributed by atoms with Crippen molar-refractivity contribution in [3.05, 3.63) is 65.2 Å². The van der Waals surface area contributed by atoms with Crippen molar-refractivity contribution >= 4 is 16.9 Å². The summed E-state index contributed by atoms with van der Waals surface area (Å²) in [6.07, 6.45) is 0.395. The van der Waals surface area contributed by atoms with Crippen LogP contribution in [0.15, 0.2) is 36.4 Å². The van der Waals surface area contributed by atoms with Crippen molar-refractivity contribution in [3.8, 4) is 0 Å². The van der Waals surface area contributed by atoms with Crippen LogP contribution in [0.2, 0.25) is 0 Å². The summed E-state index contributed by atoms with van der Waals surface area (Å²) in [5, 5.41) is 2.45. The fraction of sp³-hybridized carbons (Fsp3) is 0.125. The van der Waals surface area contributed by atoms with Crippen LogP contribution in [0.25, 0.3) is 11.0 Å². The molecular formula is C16H12F3N3O. The van der Waals surface area contributed by atoms with Crippen LogP contribution in [0.5, 0.6) is 0 Å². The summed E-state index contributed by atoms with van der Waals surface area (Å²) >= 11 is 0. The first-order chi connectivity index (χ1) is 11.1. The lowest BCUT2D eigenvalue weighted by Gasteiger charge is -2.06. The average Bonchev–Trinajstić information content (AvgIpc) is 2.95. The Bertz CT molecular complexity index is 843. The van der Waals surface area contributed by atoms with Crippen molar-refractivity contribution in [3.63, 3.8) is 0 Å². The van der Waals surface area contributed by atoms with Gasteiger partial charge < -0.3 is 10.3 Å². The zero-order chi connectivity index (χ0) is 16.4. The van der Waals surface area contributed by atoms with Crippen molar-refractivity contribution in [2.24, 2.45) is 0 Å². The third-order valence-corrected chi connectivity index (χ3v) is 3.37. The molecule has 4 nitrogen and oxygen atoms in total. The molecule has 0 radical (unpaired) electrons. The number of para-hydroxylation sites is 2. The molecule has 0 saturated heterocycles. The molecule has 1 amide bonds. The van der Waals surface area contributed by atoms with Gasteiger partial charge in [0.05, 0.1) is 16.6 Å². The molecule has 118 valence electrons. The number of aromatic nitrogens is 2. The minimum atomic E-state index is -1.66. The van der Waals surface area contributed by atoms with Gasteiger partial charge in [-0.1, -0.05) is 12.1 Å². The van der Waals surface area contributed by atoms with Gasteiger partial charge in [0.25, 0.3) is 5.91 Å². The molecule has 0 aliphatic carbocycles. The summed E-state index contributed by atoms with van der Waals surface area (Å²) in [5.74, 6) is -4.63. The number of benzene rings is 2. The summed E-state index contributed by atoms with van der Waals surface area (Å²) in [4.78, 5) is 19.2. The Morgan fingerprint density at radius 1 is 1.09 bits per heavy atom. The van der Waals surface area contributed by atoms with Crippen LogP contribution < -0.4 is 5.32 Å². The minimum absolute atomic E-state index is 0.178. The van der Waals surface area contributed by atoms with Crippen LogP contribution >= 0.6 is 0 Å². The van der Waals surface area contributed by atoms with Crippen LogP contribution in [0, 0.1) is 17.5 Å². The van der Waals surface area contributed by atoms with Crippen molar-refractivity contribution in [1.29, 1.82) is 0 Å². The van der Waals surface area contributed by atoms with E-state index < -0.39 is 28.9 Å². The Morgan fingerprint density at radius 3 is 2.65 bits per heavy atom. The number of halogens is 3. The third kappa shape index (κ3) is 3.03. The highest BCUT2D eigenvalue weighted by molar-refractivity contribution is 5.94. The molecule has 0 fully saturated rings. The fourth-order valence-electron chi connectivity index (χ4n) is 2.21. The zero-order valence-electron chi connectivity index (χ0n) is 11.9. The summed E-state index contributed by atoms with van der Waals surface area (Å²) < 4.78 is 39.5. The van der Waals surface area contributed by atoms with E-state index in [1.165, 1.54) is 0 Å². The summed E-state index contributed by atoms with van der Waals surface area (Å²) in [5.41, 5.74) is 1.15. The normalized spacial score (nSPS) is 10.9. The lowest BCUT2D eigenvalue weighted by Crippen LogP contribution is -2.27. The van der Waals surface area contributed by atoms with E-state index in [1.54, 1.807) is 0 Å². The molecule has 2 N–H and O–H groups in total. The molecule has 0 unspecified atom stereocenters. The average molecular weight is 319 g/mol. The smallest absolute Gasteiger partial charge is 0.254 e. The van der Waals surface area contributed by atoms with Gasteiger partial charge in [0.2, 0.25) is 0 Å². The summed E-state index contributed by atoms with van der Waals surface area (Å²) in [6, 6.07) is 9.08. The van der Waals surface area contributed by atoms with E-state index in [0.29, 0.717) is 18.3 Å². The molecule has 0 aliphatic heterocycles. The highest BCUT2D eigenvalue weighted by atomic mass is 19.2. The van der Waals surface area contributed by atoms with Crippen molar-refractivity contribution in [1.82, 2.24) is 15.3 Å². The maximum absolute atomic E-state index is 13.5. The first-order valence-electron chi connectivity index (χ1n) is 6.91. The van der Waals surface area contributed by atoms with Gasteiger partial charge in [-0.25, -0.2) is 18.2 Å². The second-order valence-corrected chi connectivity index (χ2v) is 4.93. The molecule has 0 bridgehead atoms. The maximum Gasteiger partial charge on any atom is 0.254 e. The lowest BCUT2D eigenvalue weighted by molar-refractivity contribution is 0.0948. The largest absolute Gasteiger partial charge is 0.351 e. The standard InChI is InChI=1S/C16H12F3N3O/c17-10-6-5-9(14(18)15(10)19)16(23)20-8-7-13-21-11-3-1-2-4-12(11)22-13/h1-6H,7-8H2,(H,20,23)(H,21,22). The molecule has 2 aromatic carbocycles. The second-order valence-electron chi connectivity index (χ2n) is 4.93. The second kappa shape index (κ2) is 6.12. The molecule has 23 heavy (non-hydrogen) atoms. The van der Waals surface area contributed by atoms with Crippen LogP contribution in [-0.4, -0.2) is 22.4 Å². The van der Waals surface area contributed by atoms with Gasteiger partial charge >= 0.3 is 0 Å². The number of carbonyl (C=O) groups excluding carboxylic acids is 1. The first kappa shape index (κ1) is 15.1. The molecule has 1 aromatic heterocycles. The molecule has 0 saturated carbocycles. The van der Waals surface area contributed by atoms with E-state index in [0.717, 1.165) is 17.1 Å². The van der Waals surface area contributed by atoms with E-state index in [2.05, 4.69) is 15.3 Å². The Kier molecular flexibility index (Phi) is 4.01. The molecule has 0 spiro atoms. The predicted molar refractivity (Wildman–Crippen MR) is 78.4 cm³/mol. The number of fused-ring (bicyclic) bond motifs is 1. The van der Waals surface area contributed by atoms with Crippen molar-refractivity contribution in [2.75, 3.05) is 6.54 Å². The Balaban J connectivity index is 1.64. The SMILES string of the molecule is O=C(NCCc1nc2ccccc2[nH]1)c1ccc(F)c(F)c1F. The maximum atomic E-state index is 13.5. The van der Waals surface area contributed by atoms with Gasteiger partial charge in [-0.3, -0.25) is 4.79 Å². The molecule has 0 atom stereocenters. The predicted octanol–water partition coefficient (Wildman–Crippen LogP) is 2.95. The van der Waals surface area contributed by atoms with Gasteiger partial charge in [-0.05, 0) is 24.3 Å². The molecule has 7 heteroatoms. The number of nitrogens with one attached hydrogen (secondary N) is 2. The number of aromatic amines is 1. The quantitative estimate of drug-likeness (QED) is 0.727. The molecule has 3 rings (SSSR count). The third-order valence-electron chi connectivity index (χ3n) is 3.37. The number of hydrogen-bond donors (Lipinski definition) is 2. The monoisotopic (exact) mass is 319 g/mol. The zero-order valence-corrected chi connectivity index (χ0v) is 11.9. The highest BCUT2D eigenvalue weighted by Crippen LogP contribution is 2.15. The van der Waals surface area contributed by atoms with Gasteiger partial charge in [0.1, 0.15) is 5.82 Å². The van der Waals surface area contributed by atoms with Crippen LogP contribution in [0.3, 0.4) is 0 Å². The molecular weight excluding hydrogens is 307 g/mol. The molecule has 3 aromatic rings.